The van der Waals surface area contributed by atoms with Gasteiger partial charge < -0.3 is 0 Å². The molecule has 0 amide bonds. The zero-order valence-corrected chi connectivity index (χ0v) is 7.86. The lowest BCUT2D eigenvalue weighted by molar-refractivity contribution is -0.103. The van der Waals surface area contributed by atoms with Crippen molar-refractivity contribution in [2.45, 2.75) is 6.42 Å². The second kappa shape index (κ2) is 5.36. The normalized spacial score (nSPS) is 8.20. The first-order valence-corrected chi connectivity index (χ1v) is 4.24. The van der Waals surface area contributed by atoms with Gasteiger partial charge in [0.1, 0.15) is 0 Å². The first-order valence-electron chi connectivity index (χ1n) is 4.24. The molecule has 3 nitrogen and oxygen atoms in total. The van der Waals surface area contributed by atoms with Crippen LogP contribution in [0.3, 0.4) is 0 Å². The van der Waals surface area contributed by atoms with Crippen molar-refractivity contribution in [2.24, 2.45) is 0 Å². The summed E-state index contributed by atoms with van der Waals surface area (Å²) < 4.78 is 0. The van der Waals surface area contributed by atoms with Crippen molar-refractivity contribution in [3.05, 3.63) is 35.4 Å². The van der Waals surface area contributed by atoms with Crippen LogP contribution in [0.15, 0.2) is 24.3 Å². The largest absolute Gasteiger partial charge is 0.293 e. The number of carbonyl (C=O) groups excluding carboxylic acids is 2. The highest BCUT2D eigenvalue weighted by molar-refractivity contribution is 5.99. The van der Waals surface area contributed by atoms with Crippen LogP contribution in [0.5, 0.6) is 0 Å². The van der Waals surface area contributed by atoms with E-state index in [4.69, 9.17) is 5.26 Å². The quantitative estimate of drug-likeness (QED) is 0.408. The van der Waals surface area contributed by atoms with Crippen LogP contribution < -0.4 is 0 Å². The molecule has 0 atom stereocenters. The highest BCUT2D eigenvalue weighted by Gasteiger charge is 2.08. The number of benzene rings is 1. The second-order valence-electron chi connectivity index (χ2n) is 2.69. The van der Waals surface area contributed by atoms with Crippen molar-refractivity contribution in [2.75, 3.05) is 0 Å². The van der Waals surface area contributed by atoms with Gasteiger partial charge in [-0.15, -0.1) is 0 Å². The predicted molar refractivity (Wildman–Crippen MR) is 53.9 cm³/mol. The molecule has 0 N–H and O–H groups in total. The Balaban J connectivity index is 3.12. The van der Waals surface area contributed by atoms with Gasteiger partial charge in [0.15, 0.2) is 12.1 Å². The number of rotatable bonds is 2. The molecule has 72 valence electrons. The molecular weight excluding hydrogens is 190 g/mol. The number of hydrogen-bond donors (Lipinski definition) is 0. The standard InChI is InChI=1S/C12H7NO2/c13-8-7-12(15)11-6-2-1-4-10(11)5-3-9-14/h1-2,4,6,9H,7H2. The topological polar surface area (TPSA) is 57.9 Å². The molecule has 0 aromatic heterocycles. The Bertz CT molecular complexity index is 486. The average molecular weight is 197 g/mol. The van der Waals surface area contributed by atoms with Crippen molar-refractivity contribution in [3.8, 4) is 17.9 Å². The molecule has 0 aliphatic rings. The molecule has 0 unspecified atom stereocenters. The number of ketones is 1. The summed E-state index contributed by atoms with van der Waals surface area (Å²) >= 11 is 0. The maximum atomic E-state index is 11.5. The fraction of sp³-hybridized carbons (Fsp3) is 0.0833. The molecule has 1 aromatic rings. The van der Waals surface area contributed by atoms with E-state index in [0.29, 0.717) is 17.4 Å². The molecule has 0 fully saturated rings. The van der Waals surface area contributed by atoms with Crippen LogP contribution in [-0.4, -0.2) is 12.1 Å². The number of carbonyl (C=O) groups is 2. The summed E-state index contributed by atoms with van der Waals surface area (Å²) in [6.45, 7) is 0. The molecule has 0 saturated carbocycles. The Kier molecular flexibility index (Phi) is 3.82. The van der Waals surface area contributed by atoms with Gasteiger partial charge in [-0.2, -0.15) is 5.26 Å². The van der Waals surface area contributed by atoms with Gasteiger partial charge in [0.2, 0.25) is 0 Å². The predicted octanol–water partition coefficient (Wildman–Crippen LogP) is 1.33. The van der Waals surface area contributed by atoms with E-state index in [1.54, 1.807) is 30.3 Å². The number of hydrogen-bond acceptors (Lipinski definition) is 3. The summed E-state index contributed by atoms with van der Waals surface area (Å²) in [6.07, 6.45) is 0.283. The zero-order chi connectivity index (χ0) is 11.1. The highest BCUT2D eigenvalue weighted by atomic mass is 16.1. The summed E-state index contributed by atoms with van der Waals surface area (Å²) in [4.78, 5) is 21.5. The van der Waals surface area contributed by atoms with Gasteiger partial charge in [0, 0.05) is 11.1 Å². The van der Waals surface area contributed by atoms with E-state index in [1.807, 2.05) is 0 Å². The lowest BCUT2D eigenvalue weighted by atomic mass is 10.0. The zero-order valence-electron chi connectivity index (χ0n) is 7.86. The third kappa shape index (κ3) is 2.79. The SMILES string of the molecule is N#CCC(=O)c1ccccc1C#CC=O. The molecule has 1 aromatic carbocycles. The molecule has 0 saturated heterocycles. The number of aldehydes is 1. The maximum absolute atomic E-state index is 11.5. The van der Waals surface area contributed by atoms with Gasteiger partial charge in [0.25, 0.3) is 0 Å². The van der Waals surface area contributed by atoms with Crippen LogP contribution in [-0.2, 0) is 4.79 Å². The molecule has 0 aliphatic heterocycles. The summed E-state index contributed by atoms with van der Waals surface area (Å²) in [7, 11) is 0. The fourth-order valence-corrected chi connectivity index (χ4v) is 1.11. The van der Waals surface area contributed by atoms with Gasteiger partial charge in [-0.3, -0.25) is 9.59 Å². The monoisotopic (exact) mass is 197 g/mol. The minimum atomic E-state index is -0.284. The number of nitriles is 1. The first-order chi connectivity index (χ1) is 7.29. The van der Waals surface area contributed by atoms with Crippen molar-refractivity contribution in [1.82, 2.24) is 0 Å². The average Bonchev–Trinajstić information content (AvgIpc) is 2.27. The van der Waals surface area contributed by atoms with E-state index in [2.05, 4.69) is 11.8 Å². The smallest absolute Gasteiger partial charge is 0.193 e. The third-order valence-corrected chi connectivity index (χ3v) is 1.73. The van der Waals surface area contributed by atoms with Crippen LogP contribution in [0.1, 0.15) is 22.3 Å². The van der Waals surface area contributed by atoms with Crippen LogP contribution in [0.25, 0.3) is 0 Å². The van der Waals surface area contributed by atoms with Gasteiger partial charge in [0.05, 0.1) is 12.5 Å². The van der Waals surface area contributed by atoms with Gasteiger partial charge in [-0.1, -0.05) is 24.1 Å². The van der Waals surface area contributed by atoms with E-state index in [0.717, 1.165) is 0 Å². The molecule has 0 radical (unpaired) electrons. The van der Waals surface area contributed by atoms with E-state index in [9.17, 15) is 9.59 Å². The van der Waals surface area contributed by atoms with Gasteiger partial charge >= 0.3 is 0 Å². The van der Waals surface area contributed by atoms with Crippen LogP contribution in [0, 0.1) is 23.2 Å². The molecule has 0 spiro atoms. The van der Waals surface area contributed by atoms with E-state index in [-0.39, 0.29) is 12.2 Å². The van der Waals surface area contributed by atoms with Crippen molar-refractivity contribution in [1.29, 1.82) is 5.26 Å². The summed E-state index contributed by atoms with van der Waals surface area (Å²) in [5.41, 5.74) is 0.859. The fourth-order valence-electron chi connectivity index (χ4n) is 1.11. The first kappa shape index (κ1) is 10.7. The van der Waals surface area contributed by atoms with E-state index < -0.39 is 0 Å². The Morgan fingerprint density at radius 1 is 1.40 bits per heavy atom. The Hall–Kier alpha value is -2.39. The lowest BCUT2D eigenvalue weighted by Gasteiger charge is -1.99. The van der Waals surface area contributed by atoms with Crippen molar-refractivity contribution >= 4 is 12.1 Å². The molecule has 0 bridgehead atoms. The molecule has 0 heterocycles. The highest BCUT2D eigenvalue weighted by Crippen LogP contribution is 2.09. The van der Waals surface area contributed by atoms with Gasteiger partial charge in [-0.25, -0.2) is 0 Å². The minimum Gasteiger partial charge on any atom is -0.293 e. The number of nitrogens with zero attached hydrogens (tertiary/aromatic N) is 1. The van der Waals surface area contributed by atoms with Gasteiger partial charge in [-0.05, 0) is 12.0 Å². The van der Waals surface area contributed by atoms with Crippen molar-refractivity contribution in [3.63, 3.8) is 0 Å². The minimum absolute atomic E-state index is 0.181. The molecule has 15 heavy (non-hydrogen) atoms. The van der Waals surface area contributed by atoms with E-state index in [1.165, 1.54) is 0 Å². The molecule has 0 aliphatic carbocycles. The van der Waals surface area contributed by atoms with Crippen LogP contribution in [0.4, 0.5) is 0 Å². The van der Waals surface area contributed by atoms with E-state index >= 15 is 0 Å². The number of Topliss-reactive ketones (excluding diaryl/α,β-unsaturated/α-hetero) is 1. The summed E-state index contributed by atoms with van der Waals surface area (Å²) in [5, 5.41) is 8.40. The maximum Gasteiger partial charge on any atom is 0.193 e. The third-order valence-electron chi connectivity index (χ3n) is 1.73. The lowest BCUT2D eigenvalue weighted by Crippen LogP contribution is -2.00. The Labute approximate surface area is 87.3 Å². The molecule has 3 heteroatoms. The Morgan fingerprint density at radius 3 is 2.80 bits per heavy atom. The van der Waals surface area contributed by atoms with Crippen LogP contribution >= 0.6 is 0 Å². The van der Waals surface area contributed by atoms with Crippen molar-refractivity contribution < 1.29 is 9.59 Å². The molecular formula is C12H7NO2. The summed E-state index contributed by atoms with van der Waals surface area (Å²) in [6, 6.07) is 8.43. The summed E-state index contributed by atoms with van der Waals surface area (Å²) in [5.74, 6) is 4.51. The Morgan fingerprint density at radius 2 is 2.13 bits per heavy atom. The second-order valence-corrected chi connectivity index (χ2v) is 2.69. The van der Waals surface area contributed by atoms with Crippen LogP contribution in [0.2, 0.25) is 0 Å². The molecule has 1 rings (SSSR count).